The maximum atomic E-state index is 12.5. The highest BCUT2D eigenvalue weighted by molar-refractivity contribution is 6.08. The maximum Gasteiger partial charge on any atom is 0.337 e. The lowest BCUT2D eigenvalue weighted by Crippen LogP contribution is -2.15. The number of nitro groups is 1. The number of methoxy groups -OCH3 is 1. The number of benzene rings is 3. The van der Waals surface area contributed by atoms with E-state index < -0.39 is 16.8 Å². The van der Waals surface area contributed by atoms with Crippen LogP contribution in [-0.2, 0) is 0 Å². The Hall–Kier alpha value is -4.46. The minimum absolute atomic E-state index is 0.0752. The molecule has 0 spiro atoms. The number of carboxylic acids is 1. The van der Waals surface area contributed by atoms with Gasteiger partial charge < -0.3 is 15.2 Å². The fraction of sp³-hybridized carbons (Fsp3) is 0.0435. The Labute approximate surface area is 177 Å². The van der Waals surface area contributed by atoms with E-state index in [2.05, 4.69) is 5.32 Å². The van der Waals surface area contributed by atoms with E-state index in [1.807, 2.05) is 30.3 Å². The van der Waals surface area contributed by atoms with Gasteiger partial charge in [0.15, 0.2) is 0 Å². The van der Waals surface area contributed by atoms with Crippen molar-refractivity contribution in [1.29, 1.82) is 0 Å². The van der Waals surface area contributed by atoms with Crippen molar-refractivity contribution < 1.29 is 24.4 Å². The minimum Gasteiger partial charge on any atom is -0.497 e. The second-order valence-electron chi connectivity index (χ2n) is 6.48. The van der Waals surface area contributed by atoms with E-state index in [0.29, 0.717) is 11.3 Å². The van der Waals surface area contributed by atoms with Crippen LogP contribution >= 0.6 is 0 Å². The summed E-state index contributed by atoms with van der Waals surface area (Å²) >= 11 is 0. The highest BCUT2D eigenvalue weighted by Crippen LogP contribution is 2.22. The standard InChI is InChI=1S/C23H18N2O6/c1-31-19-4-2-3-15(13-19)5-6-16-7-12-20(23(27)28)21(14-16)24-22(26)17-8-10-18(11-9-17)25(29)30/h2-14H,1H3,(H,24,26)(H,27,28)/b6-5+. The second kappa shape index (κ2) is 9.36. The van der Waals surface area contributed by atoms with E-state index in [1.54, 1.807) is 25.3 Å². The minimum atomic E-state index is -1.19. The van der Waals surface area contributed by atoms with E-state index in [1.165, 1.54) is 30.3 Å². The van der Waals surface area contributed by atoms with Crippen LogP contribution in [0.2, 0.25) is 0 Å². The van der Waals surface area contributed by atoms with Crippen molar-refractivity contribution in [1.82, 2.24) is 0 Å². The van der Waals surface area contributed by atoms with Crippen LogP contribution in [-0.4, -0.2) is 29.0 Å². The van der Waals surface area contributed by atoms with Gasteiger partial charge in [-0.15, -0.1) is 0 Å². The zero-order valence-corrected chi connectivity index (χ0v) is 16.4. The van der Waals surface area contributed by atoms with Gasteiger partial charge in [-0.3, -0.25) is 14.9 Å². The lowest BCUT2D eigenvalue weighted by molar-refractivity contribution is -0.384. The van der Waals surface area contributed by atoms with E-state index in [-0.39, 0.29) is 22.5 Å². The molecule has 0 bridgehead atoms. The van der Waals surface area contributed by atoms with Gasteiger partial charge in [-0.05, 0) is 47.5 Å². The number of nitrogens with one attached hydrogen (secondary N) is 1. The van der Waals surface area contributed by atoms with Gasteiger partial charge in [-0.1, -0.05) is 30.4 Å². The number of hydrogen-bond donors (Lipinski definition) is 2. The molecule has 31 heavy (non-hydrogen) atoms. The Morgan fingerprint density at radius 1 is 1.00 bits per heavy atom. The molecule has 156 valence electrons. The van der Waals surface area contributed by atoms with Crippen molar-refractivity contribution in [2.24, 2.45) is 0 Å². The first kappa shape index (κ1) is 21.3. The number of rotatable bonds is 7. The summed E-state index contributed by atoms with van der Waals surface area (Å²) in [6, 6.07) is 17.0. The molecule has 0 radical (unpaired) electrons. The van der Waals surface area contributed by atoms with Crippen LogP contribution in [0.5, 0.6) is 5.75 Å². The van der Waals surface area contributed by atoms with Crippen LogP contribution in [0.25, 0.3) is 12.2 Å². The number of ether oxygens (including phenoxy) is 1. The molecule has 8 nitrogen and oxygen atoms in total. The summed E-state index contributed by atoms with van der Waals surface area (Å²) in [6.45, 7) is 0. The second-order valence-corrected chi connectivity index (χ2v) is 6.48. The number of amides is 1. The monoisotopic (exact) mass is 418 g/mol. The van der Waals surface area contributed by atoms with Gasteiger partial charge >= 0.3 is 5.97 Å². The first-order valence-corrected chi connectivity index (χ1v) is 9.12. The molecule has 0 saturated carbocycles. The predicted molar refractivity (Wildman–Crippen MR) is 116 cm³/mol. The molecule has 0 saturated heterocycles. The van der Waals surface area contributed by atoms with Crippen LogP contribution in [0.1, 0.15) is 31.8 Å². The summed E-state index contributed by atoms with van der Waals surface area (Å²) in [4.78, 5) is 34.3. The maximum absolute atomic E-state index is 12.5. The number of aromatic carboxylic acids is 1. The lowest BCUT2D eigenvalue weighted by Gasteiger charge is -2.10. The summed E-state index contributed by atoms with van der Waals surface area (Å²) in [6.07, 6.45) is 3.61. The number of hydrogen-bond acceptors (Lipinski definition) is 5. The van der Waals surface area contributed by atoms with Crippen molar-refractivity contribution in [2.45, 2.75) is 0 Å². The average Bonchev–Trinajstić information content (AvgIpc) is 2.77. The number of non-ortho nitro benzene ring substituents is 1. The number of nitro benzene ring substituents is 1. The molecule has 1 amide bonds. The van der Waals surface area contributed by atoms with Gasteiger partial charge in [0.05, 0.1) is 23.3 Å². The summed E-state index contributed by atoms with van der Waals surface area (Å²) < 4.78 is 5.19. The SMILES string of the molecule is COc1cccc(/C=C/c2ccc(C(=O)O)c(NC(=O)c3ccc([N+](=O)[O-])cc3)c2)c1. The fourth-order valence-corrected chi connectivity index (χ4v) is 2.82. The molecule has 0 heterocycles. The summed E-state index contributed by atoms with van der Waals surface area (Å²) in [5, 5.41) is 22.8. The first-order chi connectivity index (χ1) is 14.9. The number of carboxylic acid groups (broad SMARTS) is 1. The number of carbonyl (C=O) groups excluding carboxylic acids is 1. The van der Waals surface area contributed by atoms with Crippen molar-refractivity contribution in [3.05, 3.63) is 99.1 Å². The van der Waals surface area contributed by atoms with E-state index in [4.69, 9.17) is 4.74 Å². The van der Waals surface area contributed by atoms with Crippen molar-refractivity contribution in [3.63, 3.8) is 0 Å². The predicted octanol–water partition coefficient (Wildman–Crippen LogP) is 4.72. The molecule has 2 N–H and O–H groups in total. The molecule has 0 atom stereocenters. The fourth-order valence-electron chi connectivity index (χ4n) is 2.82. The Morgan fingerprint density at radius 2 is 1.68 bits per heavy atom. The van der Waals surface area contributed by atoms with Crippen LogP contribution in [0.4, 0.5) is 11.4 Å². The van der Waals surface area contributed by atoms with Crippen LogP contribution < -0.4 is 10.1 Å². The molecular weight excluding hydrogens is 400 g/mol. The summed E-state index contributed by atoms with van der Waals surface area (Å²) in [5.41, 5.74) is 1.62. The van der Waals surface area contributed by atoms with Gasteiger partial charge in [0.1, 0.15) is 5.75 Å². The average molecular weight is 418 g/mol. The van der Waals surface area contributed by atoms with Crippen molar-refractivity contribution in [3.8, 4) is 5.75 Å². The Kier molecular flexibility index (Phi) is 6.42. The normalized spacial score (nSPS) is 10.6. The zero-order chi connectivity index (χ0) is 22.4. The molecule has 0 aliphatic heterocycles. The third-order valence-electron chi connectivity index (χ3n) is 4.42. The number of carbonyl (C=O) groups is 2. The number of anilines is 1. The quantitative estimate of drug-likeness (QED) is 0.325. The van der Waals surface area contributed by atoms with Gasteiger partial charge in [-0.25, -0.2) is 4.79 Å². The molecule has 0 aromatic heterocycles. The van der Waals surface area contributed by atoms with Crippen LogP contribution in [0.3, 0.4) is 0 Å². The third-order valence-corrected chi connectivity index (χ3v) is 4.42. The third kappa shape index (κ3) is 5.33. The Bertz CT molecular complexity index is 1170. The number of nitrogens with zero attached hydrogens (tertiary/aromatic N) is 1. The van der Waals surface area contributed by atoms with E-state index in [0.717, 1.165) is 5.56 Å². The molecule has 3 aromatic rings. The molecule has 0 fully saturated rings. The van der Waals surface area contributed by atoms with Gasteiger partial charge in [0.2, 0.25) is 0 Å². The van der Waals surface area contributed by atoms with Crippen LogP contribution in [0.15, 0.2) is 66.7 Å². The largest absolute Gasteiger partial charge is 0.497 e. The summed E-state index contributed by atoms with van der Waals surface area (Å²) in [7, 11) is 1.58. The Balaban J connectivity index is 1.86. The van der Waals surface area contributed by atoms with Gasteiger partial charge in [-0.2, -0.15) is 0 Å². The first-order valence-electron chi connectivity index (χ1n) is 9.12. The van der Waals surface area contributed by atoms with E-state index in [9.17, 15) is 24.8 Å². The van der Waals surface area contributed by atoms with Gasteiger partial charge in [0, 0.05) is 17.7 Å². The molecule has 0 unspecified atom stereocenters. The Morgan fingerprint density at radius 3 is 2.29 bits per heavy atom. The topological polar surface area (TPSA) is 119 Å². The highest BCUT2D eigenvalue weighted by Gasteiger charge is 2.15. The van der Waals surface area contributed by atoms with E-state index >= 15 is 0 Å². The molecule has 0 aliphatic carbocycles. The molecule has 8 heteroatoms. The summed E-state index contributed by atoms with van der Waals surface area (Å²) in [5.74, 6) is -1.06. The van der Waals surface area contributed by atoms with Crippen LogP contribution in [0, 0.1) is 10.1 Å². The molecular formula is C23H18N2O6. The molecule has 3 rings (SSSR count). The van der Waals surface area contributed by atoms with Gasteiger partial charge in [0.25, 0.3) is 11.6 Å². The molecule has 3 aromatic carbocycles. The lowest BCUT2D eigenvalue weighted by atomic mass is 10.1. The zero-order valence-electron chi connectivity index (χ0n) is 16.4. The van der Waals surface area contributed by atoms with Crippen molar-refractivity contribution >= 4 is 35.4 Å². The smallest absolute Gasteiger partial charge is 0.337 e. The molecule has 0 aliphatic rings. The highest BCUT2D eigenvalue weighted by atomic mass is 16.6. The van der Waals surface area contributed by atoms with Crippen molar-refractivity contribution in [2.75, 3.05) is 12.4 Å².